The molecule has 0 spiro atoms. The molecule has 0 radical (unpaired) electrons. The topological polar surface area (TPSA) is 64.0 Å². The summed E-state index contributed by atoms with van der Waals surface area (Å²) in [6.45, 7) is 1.85. The molecule has 0 aliphatic heterocycles. The van der Waals surface area contributed by atoms with Gasteiger partial charge in [0.25, 0.3) is 5.56 Å². The number of unbranched alkanes of at least 4 members (excludes halogenated alkanes) is 1. The van der Waals surface area contributed by atoms with E-state index in [0.29, 0.717) is 10.2 Å². The molecule has 0 aliphatic carbocycles. The molecule has 0 saturated heterocycles. The van der Waals surface area contributed by atoms with Crippen LogP contribution in [0.3, 0.4) is 0 Å². The lowest BCUT2D eigenvalue weighted by Gasteiger charge is -2.09. The molecule has 0 unspecified atom stereocenters. The fourth-order valence-electron chi connectivity index (χ4n) is 2.01. The summed E-state index contributed by atoms with van der Waals surface area (Å²) in [5.74, 6) is -1.04. The monoisotopic (exact) mass is 381 g/mol. The quantitative estimate of drug-likeness (QED) is 0.835. The molecule has 2 rings (SSSR count). The summed E-state index contributed by atoms with van der Waals surface area (Å²) < 4.78 is 15.5. The summed E-state index contributed by atoms with van der Waals surface area (Å²) in [5, 5.41) is 2.44. The standard InChI is InChI=1S/C16H17BrFN3O2/c1-2-3-4-12-8-16(23)21(10-19-12)9-15(22)20-14-6-5-11(17)7-13(14)18/h5-8,10H,2-4,9H2,1H3,(H,20,22). The summed E-state index contributed by atoms with van der Waals surface area (Å²) in [5.41, 5.74) is 0.490. The Hall–Kier alpha value is -2.02. The van der Waals surface area contributed by atoms with Gasteiger partial charge in [-0.25, -0.2) is 9.37 Å². The fourth-order valence-corrected chi connectivity index (χ4v) is 2.35. The number of hydrogen-bond acceptors (Lipinski definition) is 3. The molecular weight excluding hydrogens is 365 g/mol. The SMILES string of the molecule is CCCCc1cc(=O)n(CC(=O)Nc2ccc(Br)cc2F)cn1. The van der Waals surface area contributed by atoms with E-state index in [4.69, 9.17) is 0 Å². The van der Waals surface area contributed by atoms with Gasteiger partial charge in [-0.3, -0.25) is 14.2 Å². The largest absolute Gasteiger partial charge is 0.322 e. The Bertz CT molecular complexity index is 761. The van der Waals surface area contributed by atoms with Gasteiger partial charge in [-0.15, -0.1) is 0 Å². The van der Waals surface area contributed by atoms with Gasteiger partial charge in [0.05, 0.1) is 12.0 Å². The van der Waals surface area contributed by atoms with Gasteiger partial charge in [0, 0.05) is 16.2 Å². The van der Waals surface area contributed by atoms with E-state index in [1.54, 1.807) is 6.07 Å². The first-order chi connectivity index (χ1) is 11.0. The van der Waals surface area contributed by atoms with Crippen LogP contribution in [0.15, 0.2) is 39.9 Å². The Morgan fingerprint density at radius 1 is 1.39 bits per heavy atom. The van der Waals surface area contributed by atoms with E-state index in [9.17, 15) is 14.0 Å². The van der Waals surface area contributed by atoms with Gasteiger partial charge < -0.3 is 5.32 Å². The maximum Gasteiger partial charge on any atom is 0.253 e. The fraction of sp³-hybridized carbons (Fsp3) is 0.312. The third-order valence-corrected chi connectivity index (χ3v) is 3.74. The summed E-state index contributed by atoms with van der Waals surface area (Å²) in [7, 11) is 0. The summed E-state index contributed by atoms with van der Waals surface area (Å²) in [4.78, 5) is 28.1. The Balaban J connectivity index is 2.04. The highest BCUT2D eigenvalue weighted by molar-refractivity contribution is 9.10. The molecule has 0 saturated carbocycles. The number of carbonyl (C=O) groups excluding carboxylic acids is 1. The number of nitrogens with zero attached hydrogens (tertiary/aromatic N) is 2. The Kier molecular flexibility index (Phi) is 6.04. The van der Waals surface area contributed by atoms with Crippen LogP contribution >= 0.6 is 15.9 Å². The van der Waals surface area contributed by atoms with Crippen molar-refractivity contribution >= 4 is 27.5 Å². The number of aryl methyl sites for hydroxylation is 1. The summed E-state index contributed by atoms with van der Waals surface area (Å²) in [6, 6.07) is 5.76. The van der Waals surface area contributed by atoms with Crippen molar-refractivity contribution < 1.29 is 9.18 Å². The van der Waals surface area contributed by atoms with Crippen LogP contribution in [0, 0.1) is 5.82 Å². The van der Waals surface area contributed by atoms with Crippen molar-refractivity contribution in [3.8, 4) is 0 Å². The van der Waals surface area contributed by atoms with Crippen LogP contribution < -0.4 is 10.9 Å². The van der Waals surface area contributed by atoms with E-state index >= 15 is 0 Å². The number of halogens is 2. The molecule has 1 amide bonds. The third-order valence-electron chi connectivity index (χ3n) is 3.24. The van der Waals surface area contributed by atoms with E-state index in [1.165, 1.54) is 29.1 Å². The van der Waals surface area contributed by atoms with E-state index < -0.39 is 11.7 Å². The van der Waals surface area contributed by atoms with Gasteiger partial charge in [0.2, 0.25) is 5.91 Å². The predicted octanol–water partition coefficient (Wildman–Crippen LogP) is 3.13. The molecule has 23 heavy (non-hydrogen) atoms. The minimum Gasteiger partial charge on any atom is -0.322 e. The molecule has 1 aromatic heterocycles. The van der Waals surface area contributed by atoms with Gasteiger partial charge in [-0.2, -0.15) is 0 Å². The second-order valence-corrected chi connectivity index (χ2v) is 6.04. The average molecular weight is 382 g/mol. The first-order valence-electron chi connectivity index (χ1n) is 7.30. The molecule has 0 fully saturated rings. The minimum absolute atomic E-state index is 0.0683. The highest BCUT2D eigenvalue weighted by Crippen LogP contribution is 2.19. The van der Waals surface area contributed by atoms with Crippen molar-refractivity contribution in [2.24, 2.45) is 0 Å². The number of carbonyl (C=O) groups is 1. The Morgan fingerprint density at radius 2 is 2.17 bits per heavy atom. The Morgan fingerprint density at radius 3 is 2.83 bits per heavy atom. The number of benzene rings is 1. The van der Waals surface area contributed by atoms with Crippen molar-refractivity contribution in [3.05, 3.63) is 56.9 Å². The number of amides is 1. The van der Waals surface area contributed by atoms with Crippen molar-refractivity contribution in [1.82, 2.24) is 9.55 Å². The third kappa shape index (κ3) is 4.99. The minimum atomic E-state index is -0.548. The molecule has 0 aliphatic rings. The second-order valence-electron chi connectivity index (χ2n) is 5.12. The first-order valence-corrected chi connectivity index (χ1v) is 8.09. The number of anilines is 1. The van der Waals surface area contributed by atoms with E-state index in [0.717, 1.165) is 19.3 Å². The lowest BCUT2D eigenvalue weighted by atomic mass is 10.2. The van der Waals surface area contributed by atoms with Gasteiger partial charge in [-0.05, 0) is 31.0 Å². The van der Waals surface area contributed by atoms with Crippen LogP contribution in [0.25, 0.3) is 0 Å². The average Bonchev–Trinajstić information content (AvgIpc) is 2.50. The van der Waals surface area contributed by atoms with Crippen LogP contribution in [0.1, 0.15) is 25.5 Å². The molecular formula is C16H17BrFN3O2. The highest BCUT2D eigenvalue weighted by Gasteiger charge is 2.09. The van der Waals surface area contributed by atoms with Gasteiger partial charge in [-0.1, -0.05) is 29.3 Å². The second kappa shape index (κ2) is 8.01. The van der Waals surface area contributed by atoms with Crippen LogP contribution in [0.4, 0.5) is 10.1 Å². The molecule has 122 valence electrons. The number of hydrogen-bond donors (Lipinski definition) is 1. The van der Waals surface area contributed by atoms with Crippen LogP contribution in [0.2, 0.25) is 0 Å². The molecule has 0 bridgehead atoms. The zero-order chi connectivity index (χ0) is 16.8. The maximum absolute atomic E-state index is 13.7. The van der Waals surface area contributed by atoms with Gasteiger partial charge in [0.1, 0.15) is 12.4 Å². The first kappa shape index (κ1) is 17.3. The van der Waals surface area contributed by atoms with Gasteiger partial charge >= 0.3 is 0 Å². The van der Waals surface area contributed by atoms with Crippen LogP contribution in [-0.2, 0) is 17.8 Å². The molecule has 2 aromatic rings. The zero-order valence-corrected chi connectivity index (χ0v) is 14.3. The lowest BCUT2D eigenvalue weighted by Crippen LogP contribution is -2.28. The van der Waals surface area contributed by atoms with Crippen molar-refractivity contribution in [2.75, 3.05) is 5.32 Å². The normalized spacial score (nSPS) is 10.6. The van der Waals surface area contributed by atoms with E-state index in [-0.39, 0.29) is 17.8 Å². The van der Waals surface area contributed by atoms with Crippen molar-refractivity contribution in [1.29, 1.82) is 0 Å². The lowest BCUT2D eigenvalue weighted by molar-refractivity contribution is -0.116. The summed E-state index contributed by atoms with van der Waals surface area (Å²) in [6.07, 6.45) is 4.07. The van der Waals surface area contributed by atoms with Crippen molar-refractivity contribution in [3.63, 3.8) is 0 Å². The zero-order valence-electron chi connectivity index (χ0n) is 12.7. The molecule has 1 aromatic carbocycles. The van der Waals surface area contributed by atoms with Crippen molar-refractivity contribution in [2.45, 2.75) is 32.7 Å². The predicted molar refractivity (Wildman–Crippen MR) is 89.8 cm³/mol. The molecule has 7 heteroatoms. The maximum atomic E-state index is 13.7. The number of aromatic nitrogens is 2. The number of nitrogens with one attached hydrogen (secondary N) is 1. The van der Waals surface area contributed by atoms with Crippen LogP contribution in [0.5, 0.6) is 0 Å². The smallest absolute Gasteiger partial charge is 0.253 e. The summed E-state index contributed by atoms with van der Waals surface area (Å²) >= 11 is 3.14. The van der Waals surface area contributed by atoms with Crippen LogP contribution in [-0.4, -0.2) is 15.5 Å². The highest BCUT2D eigenvalue weighted by atomic mass is 79.9. The molecule has 1 N–H and O–H groups in total. The molecule has 1 heterocycles. The van der Waals surface area contributed by atoms with E-state index in [1.807, 2.05) is 0 Å². The molecule has 0 atom stereocenters. The Labute approximate surface area is 141 Å². The van der Waals surface area contributed by atoms with E-state index in [2.05, 4.69) is 33.2 Å². The molecule has 5 nitrogen and oxygen atoms in total. The number of rotatable bonds is 6. The van der Waals surface area contributed by atoms with Gasteiger partial charge in [0.15, 0.2) is 0 Å².